The number of aromatic nitrogens is 3. The minimum absolute atomic E-state index is 0.0696. The first-order valence-corrected chi connectivity index (χ1v) is 6.61. The Morgan fingerprint density at radius 3 is 3.17 bits per heavy atom. The summed E-state index contributed by atoms with van der Waals surface area (Å²) in [7, 11) is 0. The van der Waals surface area contributed by atoms with Gasteiger partial charge < -0.3 is 10.2 Å². The number of hydrogen-bond acceptors (Lipinski definition) is 3. The molecule has 0 aliphatic carbocycles. The van der Waals surface area contributed by atoms with Crippen molar-refractivity contribution >= 4 is 6.03 Å². The molecular formula is C12H21N5O. The number of piperidine rings is 1. The second-order valence-electron chi connectivity index (χ2n) is 4.94. The standard InChI is InChI=1S/C12H21N5O/c1-11-4-2-6-16(8-11)12(18)14-5-3-7-17-10-13-9-15-17/h9-11H,2-8H2,1H3,(H,14,18)/t11-/m0/s1. The number of urea groups is 1. The smallest absolute Gasteiger partial charge is 0.317 e. The van der Waals surface area contributed by atoms with Crippen molar-refractivity contribution in [1.29, 1.82) is 0 Å². The third-order valence-electron chi connectivity index (χ3n) is 3.25. The van der Waals surface area contributed by atoms with Crippen LogP contribution in [0.4, 0.5) is 4.79 Å². The quantitative estimate of drug-likeness (QED) is 0.815. The molecule has 18 heavy (non-hydrogen) atoms. The van der Waals surface area contributed by atoms with Crippen molar-refractivity contribution in [3.63, 3.8) is 0 Å². The fourth-order valence-corrected chi connectivity index (χ4v) is 2.27. The van der Waals surface area contributed by atoms with E-state index in [1.807, 2.05) is 4.90 Å². The molecule has 1 fully saturated rings. The molecule has 1 saturated heterocycles. The molecule has 1 aromatic rings. The van der Waals surface area contributed by atoms with Crippen molar-refractivity contribution < 1.29 is 4.79 Å². The van der Waals surface area contributed by atoms with Crippen molar-refractivity contribution in [1.82, 2.24) is 25.0 Å². The van der Waals surface area contributed by atoms with Crippen molar-refractivity contribution in [3.05, 3.63) is 12.7 Å². The van der Waals surface area contributed by atoms with Crippen LogP contribution in [0.3, 0.4) is 0 Å². The Bertz CT molecular complexity index is 365. The normalized spacial score (nSPS) is 19.8. The van der Waals surface area contributed by atoms with Gasteiger partial charge in [0, 0.05) is 26.2 Å². The highest BCUT2D eigenvalue weighted by molar-refractivity contribution is 5.74. The lowest BCUT2D eigenvalue weighted by molar-refractivity contribution is 0.169. The van der Waals surface area contributed by atoms with Crippen LogP contribution in [0.1, 0.15) is 26.2 Å². The van der Waals surface area contributed by atoms with Crippen molar-refractivity contribution in [2.24, 2.45) is 5.92 Å². The van der Waals surface area contributed by atoms with Crippen LogP contribution in [0.5, 0.6) is 0 Å². The van der Waals surface area contributed by atoms with E-state index in [1.54, 1.807) is 11.0 Å². The van der Waals surface area contributed by atoms with Crippen molar-refractivity contribution in [2.75, 3.05) is 19.6 Å². The fraction of sp³-hybridized carbons (Fsp3) is 0.750. The number of rotatable bonds is 4. The van der Waals surface area contributed by atoms with Crippen LogP contribution in [0.15, 0.2) is 12.7 Å². The summed E-state index contributed by atoms with van der Waals surface area (Å²) in [5.74, 6) is 0.625. The number of amides is 2. The lowest BCUT2D eigenvalue weighted by atomic mass is 10.0. The molecule has 100 valence electrons. The number of nitrogens with zero attached hydrogens (tertiary/aromatic N) is 4. The lowest BCUT2D eigenvalue weighted by Crippen LogP contribution is -2.45. The zero-order valence-electron chi connectivity index (χ0n) is 10.9. The van der Waals surface area contributed by atoms with Crippen LogP contribution in [0.25, 0.3) is 0 Å². The summed E-state index contributed by atoms with van der Waals surface area (Å²) in [6, 6.07) is 0.0696. The van der Waals surface area contributed by atoms with Crippen LogP contribution in [-0.4, -0.2) is 45.3 Å². The van der Waals surface area contributed by atoms with E-state index in [9.17, 15) is 4.79 Å². The Kier molecular flexibility index (Phi) is 4.55. The van der Waals surface area contributed by atoms with E-state index < -0.39 is 0 Å². The van der Waals surface area contributed by atoms with Gasteiger partial charge in [0.1, 0.15) is 12.7 Å². The average Bonchev–Trinajstić information content (AvgIpc) is 2.87. The number of aryl methyl sites for hydroxylation is 1. The maximum atomic E-state index is 11.9. The molecule has 2 rings (SSSR count). The van der Waals surface area contributed by atoms with Crippen LogP contribution in [0, 0.1) is 5.92 Å². The molecule has 0 bridgehead atoms. The zero-order valence-corrected chi connectivity index (χ0v) is 10.9. The summed E-state index contributed by atoms with van der Waals surface area (Å²) in [6.45, 7) is 5.44. The maximum Gasteiger partial charge on any atom is 0.317 e. The van der Waals surface area contributed by atoms with E-state index in [4.69, 9.17) is 0 Å². The SMILES string of the molecule is C[C@H]1CCCN(C(=O)NCCCn2cncn2)C1. The van der Waals surface area contributed by atoms with Gasteiger partial charge in [-0.05, 0) is 25.2 Å². The molecule has 1 N–H and O–H groups in total. The maximum absolute atomic E-state index is 11.9. The molecule has 2 amide bonds. The molecule has 0 radical (unpaired) electrons. The van der Waals surface area contributed by atoms with Gasteiger partial charge in [0.05, 0.1) is 0 Å². The molecule has 1 aromatic heterocycles. The van der Waals surface area contributed by atoms with Gasteiger partial charge in [0.25, 0.3) is 0 Å². The molecule has 1 atom stereocenters. The van der Waals surface area contributed by atoms with Crippen LogP contribution in [0.2, 0.25) is 0 Å². The first-order chi connectivity index (χ1) is 8.75. The minimum atomic E-state index is 0.0696. The Balaban J connectivity index is 1.62. The third-order valence-corrected chi connectivity index (χ3v) is 3.25. The Labute approximate surface area is 107 Å². The van der Waals surface area contributed by atoms with Gasteiger partial charge in [-0.25, -0.2) is 9.78 Å². The molecule has 6 nitrogen and oxygen atoms in total. The first kappa shape index (κ1) is 12.9. The fourth-order valence-electron chi connectivity index (χ4n) is 2.27. The predicted octanol–water partition coefficient (Wildman–Crippen LogP) is 1.11. The summed E-state index contributed by atoms with van der Waals surface area (Å²) in [5.41, 5.74) is 0. The molecule has 0 saturated carbocycles. The Morgan fingerprint density at radius 1 is 1.56 bits per heavy atom. The van der Waals surface area contributed by atoms with Crippen LogP contribution < -0.4 is 5.32 Å². The topological polar surface area (TPSA) is 63.1 Å². The van der Waals surface area contributed by atoms with Crippen molar-refractivity contribution in [3.8, 4) is 0 Å². The van der Waals surface area contributed by atoms with Crippen molar-refractivity contribution in [2.45, 2.75) is 32.7 Å². The molecule has 1 aliphatic rings. The zero-order chi connectivity index (χ0) is 12.8. The van der Waals surface area contributed by atoms with Crippen LogP contribution >= 0.6 is 0 Å². The minimum Gasteiger partial charge on any atom is -0.338 e. The molecule has 0 aromatic carbocycles. The highest BCUT2D eigenvalue weighted by atomic mass is 16.2. The molecule has 1 aliphatic heterocycles. The highest BCUT2D eigenvalue weighted by Gasteiger charge is 2.20. The van der Waals surface area contributed by atoms with Gasteiger partial charge in [-0.1, -0.05) is 6.92 Å². The number of hydrogen-bond donors (Lipinski definition) is 1. The van der Waals surface area contributed by atoms with E-state index >= 15 is 0 Å². The summed E-state index contributed by atoms with van der Waals surface area (Å²) in [6.07, 6.45) is 6.43. The molecule has 6 heteroatoms. The molecule has 0 spiro atoms. The van der Waals surface area contributed by atoms with Gasteiger partial charge in [0.2, 0.25) is 0 Å². The van der Waals surface area contributed by atoms with E-state index in [1.165, 1.54) is 12.7 Å². The van der Waals surface area contributed by atoms with Gasteiger partial charge in [-0.15, -0.1) is 0 Å². The second-order valence-corrected chi connectivity index (χ2v) is 4.94. The highest BCUT2D eigenvalue weighted by Crippen LogP contribution is 2.15. The Morgan fingerprint density at radius 2 is 2.44 bits per heavy atom. The number of carbonyl (C=O) groups is 1. The van der Waals surface area contributed by atoms with Crippen LogP contribution in [-0.2, 0) is 6.54 Å². The number of carbonyl (C=O) groups excluding carboxylic acids is 1. The van der Waals surface area contributed by atoms with Gasteiger partial charge in [-0.2, -0.15) is 5.10 Å². The molecule has 0 unspecified atom stereocenters. The number of nitrogens with one attached hydrogen (secondary N) is 1. The summed E-state index contributed by atoms with van der Waals surface area (Å²) in [4.78, 5) is 17.7. The predicted molar refractivity (Wildman–Crippen MR) is 68.0 cm³/mol. The van der Waals surface area contributed by atoms with Gasteiger partial charge in [-0.3, -0.25) is 4.68 Å². The summed E-state index contributed by atoms with van der Waals surface area (Å²) in [5, 5.41) is 6.98. The van der Waals surface area contributed by atoms with E-state index in [-0.39, 0.29) is 6.03 Å². The van der Waals surface area contributed by atoms with E-state index in [0.717, 1.165) is 32.5 Å². The summed E-state index contributed by atoms with van der Waals surface area (Å²) >= 11 is 0. The van der Waals surface area contributed by atoms with E-state index in [2.05, 4.69) is 22.3 Å². The lowest BCUT2D eigenvalue weighted by Gasteiger charge is -2.30. The Hall–Kier alpha value is -1.59. The second kappa shape index (κ2) is 6.37. The number of likely N-dealkylation sites (tertiary alicyclic amines) is 1. The summed E-state index contributed by atoms with van der Waals surface area (Å²) < 4.78 is 1.77. The van der Waals surface area contributed by atoms with E-state index in [0.29, 0.717) is 12.5 Å². The van der Waals surface area contributed by atoms with Gasteiger partial charge >= 0.3 is 6.03 Å². The first-order valence-electron chi connectivity index (χ1n) is 6.61. The monoisotopic (exact) mass is 251 g/mol. The third kappa shape index (κ3) is 3.72. The molecule has 2 heterocycles. The largest absolute Gasteiger partial charge is 0.338 e. The van der Waals surface area contributed by atoms with Gasteiger partial charge in [0.15, 0.2) is 0 Å². The molecular weight excluding hydrogens is 230 g/mol. The average molecular weight is 251 g/mol.